The summed E-state index contributed by atoms with van der Waals surface area (Å²) in [5.41, 5.74) is 0.156. The summed E-state index contributed by atoms with van der Waals surface area (Å²) < 4.78 is 4.88. The predicted octanol–water partition coefficient (Wildman–Crippen LogP) is 1.53. The molecule has 9 heteroatoms. The van der Waals surface area contributed by atoms with E-state index in [0.29, 0.717) is 23.2 Å². The lowest BCUT2D eigenvalue weighted by Gasteiger charge is -2.20. The fourth-order valence-corrected chi connectivity index (χ4v) is 2.99. The number of ether oxygens (including phenoxy) is 1. The molecule has 30 heavy (non-hydrogen) atoms. The van der Waals surface area contributed by atoms with Crippen LogP contribution in [-0.2, 0) is 9.53 Å². The Kier molecular flexibility index (Phi) is 8.40. The average Bonchev–Trinajstić information content (AvgIpc) is 2.70. The second-order valence-electron chi connectivity index (χ2n) is 7.26. The molecule has 162 valence electrons. The van der Waals surface area contributed by atoms with E-state index in [0.717, 1.165) is 0 Å². The van der Waals surface area contributed by atoms with Gasteiger partial charge in [0.05, 0.1) is 13.2 Å². The summed E-state index contributed by atoms with van der Waals surface area (Å²) in [6.45, 7) is 5.88. The van der Waals surface area contributed by atoms with Crippen molar-refractivity contribution in [2.24, 2.45) is 5.92 Å². The molecule has 0 aliphatic heterocycles. The van der Waals surface area contributed by atoms with Gasteiger partial charge in [-0.3, -0.25) is 14.4 Å². The van der Waals surface area contributed by atoms with Crippen molar-refractivity contribution in [2.75, 3.05) is 19.7 Å². The summed E-state index contributed by atoms with van der Waals surface area (Å²) in [6, 6.07) is 6.57. The standard InChI is InChI=1S/C21H28N4O5/c1-4-30-21(29)25-14(9-13(2)3)10-23-18(26)12-24-20(28)16-11-22-17-8-6-5-7-15(17)19(16)27/h5-8,11,13-14H,4,9-10,12H2,1-3H3,(H,22,27)(H,23,26)(H,24,28)(H,25,29). The highest BCUT2D eigenvalue weighted by Crippen LogP contribution is 2.07. The van der Waals surface area contributed by atoms with Gasteiger partial charge in [0.2, 0.25) is 11.3 Å². The topological polar surface area (TPSA) is 129 Å². The van der Waals surface area contributed by atoms with Gasteiger partial charge in [-0.1, -0.05) is 26.0 Å². The van der Waals surface area contributed by atoms with E-state index in [1.807, 2.05) is 13.8 Å². The first kappa shape index (κ1) is 22.9. The maximum Gasteiger partial charge on any atom is 0.407 e. The highest BCUT2D eigenvalue weighted by Gasteiger charge is 2.17. The zero-order valence-electron chi connectivity index (χ0n) is 17.4. The number of hydrogen-bond donors (Lipinski definition) is 4. The molecule has 1 atom stereocenters. The van der Waals surface area contributed by atoms with Crippen molar-refractivity contribution in [1.82, 2.24) is 20.9 Å². The molecule has 2 rings (SSSR count). The first-order chi connectivity index (χ1) is 14.3. The van der Waals surface area contributed by atoms with E-state index < -0.39 is 23.3 Å². The summed E-state index contributed by atoms with van der Waals surface area (Å²) in [5, 5.41) is 8.23. The van der Waals surface area contributed by atoms with Gasteiger partial charge in [-0.15, -0.1) is 0 Å². The number of carbonyl (C=O) groups excluding carboxylic acids is 3. The van der Waals surface area contributed by atoms with Gasteiger partial charge in [0.25, 0.3) is 5.91 Å². The number of carbonyl (C=O) groups is 3. The summed E-state index contributed by atoms with van der Waals surface area (Å²) in [5.74, 6) is -0.770. The number of hydrogen-bond acceptors (Lipinski definition) is 5. The number of alkyl carbamates (subject to hydrolysis) is 1. The lowest BCUT2D eigenvalue weighted by molar-refractivity contribution is -0.120. The lowest BCUT2D eigenvalue weighted by atomic mass is 10.0. The van der Waals surface area contributed by atoms with E-state index in [1.165, 1.54) is 6.20 Å². The molecule has 9 nitrogen and oxygen atoms in total. The zero-order chi connectivity index (χ0) is 22.1. The number of amides is 3. The van der Waals surface area contributed by atoms with Crippen LogP contribution in [0.5, 0.6) is 0 Å². The van der Waals surface area contributed by atoms with Gasteiger partial charge >= 0.3 is 6.09 Å². The van der Waals surface area contributed by atoms with E-state index >= 15 is 0 Å². The second-order valence-corrected chi connectivity index (χ2v) is 7.26. The highest BCUT2D eigenvalue weighted by molar-refractivity contribution is 5.98. The Hall–Kier alpha value is -3.36. The minimum absolute atomic E-state index is 0.0665. The molecule has 0 saturated heterocycles. The Bertz CT molecular complexity index is 954. The van der Waals surface area contributed by atoms with Crippen LogP contribution in [0.15, 0.2) is 35.3 Å². The van der Waals surface area contributed by atoms with E-state index in [-0.39, 0.29) is 31.3 Å². The molecule has 1 aromatic heterocycles. The van der Waals surface area contributed by atoms with Gasteiger partial charge in [0.15, 0.2) is 0 Å². The van der Waals surface area contributed by atoms with Crippen LogP contribution >= 0.6 is 0 Å². The molecule has 4 N–H and O–H groups in total. The van der Waals surface area contributed by atoms with Crippen LogP contribution in [0.25, 0.3) is 10.9 Å². The van der Waals surface area contributed by atoms with Crippen LogP contribution in [-0.4, -0.2) is 48.6 Å². The molecule has 1 aromatic carbocycles. The van der Waals surface area contributed by atoms with Gasteiger partial charge in [-0.25, -0.2) is 4.79 Å². The molecule has 1 heterocycles. The number of fused-ring (bicyclic) bond motifs is 1. The minimum atomic E-state index is -0.638. The van der Waals surface area contributed by atoms with E-state index in [2.05, 4.69) is 20.9 Å². The lowest BCUT2D eigenvalue weighted by Crippen LogP contribution is -2.47. The molecule has 1 unspecified atom stereocenters. The SMILES string of the molecule is CCOC(=O)NC(CNC(=O)CNC(=O)c1c[nH]c2ccccc2c1=O)CC(C)C. The third-order valence-corrected chi connectivity index (χ3v) is 4.34. The Morgan fingerprint density at radius 2 is 1.87 bits per heavy atom. The summed E-state index contributed by atoms with van der Waals surface area (Å²) in [4.78, 5) is 51.5. The number of benzene rings is 1. The first-order valence-electron chi connectivity index (χ1n) is 9.90. The quantitative estimate of drug-likeness (QED) is 0.493. The fourth-order valence-electron chi connectivity index (χ4n) is 2.99. The molecule has 0 radical (unpaired) electrons. The third-order valence-electron chi connectivity index (χ3n) is 4.34. The maximum absolute atomic E-state index is 12.5. The van der Waals surface area contributed by atoms with Gasteiger partial charge in [0.1, 0.15) is 5.56 Å². The normalized spacial score (nSPS) is 11.7. The molecule has 0 aliphatic rings. The maximum atomic E-state index is 12.5. The fraction of sp³-hybridized carbons (Fsp3) is 0.429. The molecular formula is C21H28N4O5. The molecule has 0 aliphatic carbocycles. The number of aromatic nitrogens is 1. The second kappa shape index (κ2) is 11.0. The van der Waals surface area contributed by atoms with Crippen molar-refractivity contribution < 1.29 is 19.1 Å². The number of rotatable bonds is 9. The minimum Gasteiger partial charge on any atom is -0.450 e. The largest absolute Gasteiger partial charge is 0.450 e. The molecule has 0 bridgehead atoms. The predicted molar refractivity (Wildman–Crippen MR) is 113 cm³/mol. The molecule has 3 amide bonds. The zero-order valence-corrected chi connectivity index (χ0v) is 17.4. The smallest absolute Gasteiger partial charge is 0.407 e. The number of nitrogens with one attached hydrogen (secondary N) is 4. The molecular weight excluding hydrogens is 388 g/mol. The highest BCUT2D eigenvalue weighted by atomic mass is 16.5. The van der Waals surface area contributed by atoms with E-state index in [9.17, 15) is 19.2 Å². The van der Waals surface area contributed by atoms with Crippen LogP contribution in [0.4, 0.5) is 4.79 Å². The molecule has 0 saturated carbocycles. The molecule has 0 spiro atoms. The van der Waals surface area contributed by atoms with Crippen molar-refractivity contribution in [1.29, 1.82) is 0 Å². The third kappa shape index (κ3) is 6.61. The van der Waals surface area contributed by atoms with Crippen molar-refractivity contribution in [3.63, 3.8) is 0 Å². The summed E-state index contributed by atoms with van der Waals surface area (Å²) >= 11 is 0. The number of para-hydroxylation sites is 1. The van der Waals surface area contributed by atoms with Crippen LogP contribution in [0, 0.1) is 5.92 Å². The van der Waals surface area contributed by atoms with Crippen molar-refractivity contribution >= 4 is 28.8 Å². The van der Waals surface area contributed by atoms with Gasteiger partial charge in [-0.2, -0.15) is 0 Å². The van der Waals surface area contributed by atoms with E-state index in [1.54, 1.807) is 31.2 Å². The Labute approximate surface area is 174 Å². The number of H-pyrrole nitrogens is 1. The van der Waals surface area contributed by atoms with Crippen LogP contribution in [0.1, 0.15) is 37.6 Å². The van der Waals surface area contributed by atoms with Crippen molar-refractivity contribution in [2.45, 2.75) is 33.2 Å². The van der Waals surface area contributed by atoms with Crippen molar-refractivity contribution in [3.8, 4) is 0 Å². The van der Waals surface area contributed by atoms with Gasteiger partial charge < -0.3 is 25.7 Å². The average molecular weight is 416 g/mol. The Balaban J connectivity index is 1.90. The molecule has 0 fully saturated rings. The van der Waals surface area contributed by atoms with Gasteiger partial charge in [0, 0.05) is 29.7 Å². The Morgan fingerprint density at radius 3 is 2.57 bits per heavy atom. The van der Waals surface area contributed by atoms with Crippen molar-refractivity contribution in [3.05, 3.63) is 46.2 Å². The van der Waals surface area contributed by atoms with Crippen LogP contribution < -0.4 is 21.4 Å². The summed E-state index contributed by atoms with van der Waals surface area (Å²) in [6.07, 6.45) is 1.44. The summed E-state index contributed by atoms with van der Waals surface area (Å²) in [7, 11) is 0. The molecule has 2 aromatic rings. The first-order valence-corrected chi connectivity index (χ1v) is 9.90. The monoisotopic (exact) mass is 416 g/mol. The number of aromatic amines is 1. The van der Waals surface area contributed by atoms with E-state index in [4.69, 9.17) is 4.74 Å². The van der Waals surface area contributed by atoms with Gasteiger partial charge in [-0.05, 0) is 31.4 Å². The van der Waals surface area contributed by atoms with Crippen LogP contribution in [0.3, 0.4) is 0 Å². The number of pyridine rings is 1. The van der Waals surface area contributed by atoms with Crippen LogP contribution in [0.2, 0.25) is 0 Å². The Morgan fingerprint density at radius 1 is 1.13 bits per heavy atom.